The molecule has 2 aliphatic rings. The monoisotopic (exact) mass is 409 g/mol. The van der Waals surface area contributed by atoms with E-state index in [4.69, 9.17) is 4.74 Å². The van der Waals surface area contributed by atoms with Crippen molar-refractivity contribution in [3.05, 3.63) is 54.1 Å². The van der Waals surface area contributed by atoms with Gasteiger partial charge in [0.05, 0.1) is 18.9 Å². The predicted molar refractivity (Wildman–Crippen MR) is 122 cm³/mol. The third kappa shape index (κ3) is 4.79. The maximum absolute atomic E-state index is 10.1. The van der Waals surface area contributed by atoms with Crippen LogP contribution in [-0.2, 0) is 11.3 Å². The van der Waals surface area contributed by atoms with Crippen LogP contribution in [0.1, 0.15) is 5.56 Å². The highest BCUT2D eigenvalue weighted by atomic mass is 16.5. The van der Waals surface area contributed by atoms with E-state index < -0.39 is 0 Å². The van der Waals surface area contributed by atoms with Gasteiger partial charge < -0.3 is 29.9 Å². The number of hydrogen-bond donors (Lipinski definition) is 2. The number of nitrogens with zero attached hydrogens (tertiary/aromatic N) is 4. The lowest BCUT2D eigenvalue weighted by atomic mass is 10.2. The molecule has 2 aromatic carbocycles. The van der Waals surface area contributed by atoms with Gasteiger partial charge in [-0.25, -0.2) is 0 Å². The minimum atomic E-state index is 0.342. The molecule has 2 N–H and O–H groups in total. The molecule has 160 valence electrons. The summed E-state index contributed by atoms with van der Waals surface area (Å²) in [6.07, 6.45) is 0. The Morgan fingerprint density at radius 3 is 2.30 bits per heavy atom. The smallest absolute Gasteiger partial charge is 0.194 e. The SMILES string of the molecule is CN=C(NCc1ccc(N2CCOCC2)cc1)N1CCN(c2ccccc2O)CC1. The van der Waals surface area contributed by atoms with Gasteiger partial charge in [-0.2, -0.15) is 0 Å². The molecule has 2 heterocycles. The van der Waals surface area contributed by atoms with Gasteiger partial charge in [-0.3, -0.25) is 4.99 Å². The molecule has 0 radical (unpaired) electrons. The van der Waals surface area contributed by atoms with Gasteiger partial charge in [-0.1, -0.05) is 24.3 Å². The molecular weight excluding hydrogens is 378 g/mol. The quantitative estimate of drug-likeness (QED) is 0.596. The van der Waals surface area contributed by atoms with Gasteiger partial charge in [0.2, 0.25) is 0 Å². The van der Waals surface area contributed by atoms with Crippen molar-refractivity contribution in [2.24, 2.45) is 4.99 Å². The molecule has 0 spiro atoms. The molecule has 0 bridgehead atoms. The van der Waals surface area contributed by atoms with Crippen LogP contribution in [0.25, 0.3) is 0 Å². The maximum Gasteiger partial charge on any atom is 0.194 e. The Balaban J connectivity index is 1.28. The van der Waals surface area contributed by atoms with E-state index in [9.17, 15) is 5.11 Å². The van der Waals surface area contributed by atoms with Gasteiger partial charge in [-0.15, -0.1) is 0 Å². The predicted octanol–water partition coefficient (Wildman–Crippen LogP) is 2.13. The zero-order valence-corrected chi connectivity index (χ0v) is 17.6. The Hall–Kier alpha value is -2.93. The van der Waals surface area contributed by atoms with Crippen LogP contribution in [-0.4, -0.2) is 75.5 Å². The van der Waals surface area contributed by atoms with Gasteiger partial charge in [-0.05, 0) is 29.8 Å². The fourth-order valence-electron chi connectivity index (χ4n) is 4.05. The van der Waals surface area contributed by atoms with Gasteiger partial charge >= 0.3 is 0 Å². The van der Waals surface area contributed by atoms with Gasteiger partial charge in [0, 0.05) is 58.5 Å². The Morgan fingerprint density at radius 2 is 1.63 bits per heavy atom. The first-order valence-corrected chi connectivity index (χ1v) is 10.6. The number of rotatable bonds is 4. The number of guanidine groups is 1. The highest BCUT2D eigenvalue weighted by Crippen LogP contribution is 2.27. The lowest BCUT2D eigenvalue weighted by molar-refractivity contribution is 0.122. The molecule has 7 heteroatoms. The second-order valence-corrected chi connectivity index (χ2v) is 7.63. The highest BCUT2D eigenvalue weighted by molar-refractivity contribution is 5.80. The third-order valence-corrected chi connectivity index (χ3v) is 5.78. The minimum Gasteiger partial charge on any atom is -0.506 e. The standard InChI is InChI=1S/C23H31N5O2/c1-24-23(28-12-10-27(11-13-28)21-4-2-3-5-22(21)29)25-18-19-6-8-20(9-7-19)26-14-16-30-17-15-26/h2-9,29H,10-18H2,1H3,(H,24,25). The van der Waals surface area contributed by atoms with E-state index in [2.05, 4.69) is 49.3 Å². The molecule has 0 saturated carbocycles. The Kier molecular flexibility index (Phi) is 6.59. The number of phenols is 1. The summed E-state index contributed by atoms with van der Waals surface area (Å²) in [5.41, 5.74) is 3.40. The van der Waals surface area contributed by atoms with Crippen LogP contribution in [0.4, 0.5) is 11.4 Å². The maximum atomic E-state index is 10.1. The molecule has 30 heavy (non-hydrogen) atoms. The summed E-state index contributed by atoms with van der Waals surface area (Å²) in [6, 6.07) is 16.3. The fraction of sp³-hybridized carbons (Fsp3) is 0.435. The molecule has 7 nitrogen and oxygen atoms in total. The number of nitrogens with one attached hydrogen (secondary N) is 1. The number of piperazine rings is 1. The van der Waals surface area contributed by atoms with Crippen molar-refractivity contribution in [2.75, 3.05) is 69.3 Å². The van der Waals surface area contributed by atoms with E-state index in [1.54, 1.807) is 6.07 Å². The zero-order valence-electron chi connectivity index (χ0n) is 17.6. The molecule has 0 atom stereocenters. The first-order chi connectivity index (χ1) is 14.7. The summed E-state index contributed by atoms with van der Waals surface area (Å²) >= 11 is 0. The molecule has 2 fully saturated rings. The van der Waals surface area contributed by atoms with E-state index in [0.29, 0.717) is 5.75 Å². The van der Waals surface area contributed by atoms with Crippen LogP contribution in [0.15, 0.2) is 53.5 Å². The Morgan fingerprint density at radius 1 is 0.933 bits per heavy atom. The number of hydrogen-bond acceptors (Lipinski definition) is 5. The number of benzene rings is 2. The summed E-state index contributed by atoms with van der Waals surface area (Å²) < 4.78 is 5.43. The fourth-order valence-corrected chi connectivity index (χ4v) is 4.05. The zero-order chi connectivity index (χ0) is 20.8. The van der Waals surface area contributed by atoms with Crippen LogP contribution in [0.3, 0.4) is 0 Å². The number of anilines is 2. The molecule has 2 saturated heterocycles. The van der Waals surface area contributed by atoms with Crippen molar-refractivity contribution in [3.8, 4) is 5.75 Å². The summed E-state index contributed by atoms with van der Waals surface area (Å²) in [5, 5.41) is 13.6. The van der Waals surface area contributed by atoms with Crippen molar-refractivity contribution < 1.29 is 9.84 Å². The van der Waals surface area contributed by atoms with Crippen molar-refractivity contribution in [2.45, 2.75) is 6.54 Å². The normalized spacial score (nSPS) is 17.9. The lowest BCUT2D eigenvalue weighted by Crippen LogP contribution is -2.52. The number of para-hydroxylation sites is 2. The second kappa shape index (κ2) is 9.71. The largest absolute Gasteiger partial charge is 0.506 e. The number of aromatic hydroxyl groups is 1. The average molecular weight is 410 g/mol. The van der Waals surface area contributed by atoms with Crippen LogP contribution >= 0.6 is 0 Å². The topological polar surface area (TPSA) is 63.6 Å². The number of phenolic OH excluding ortho intramolecular Hbond substituents is 1. The van der Waals surface area contributed by atoms with Crippen molar-refractivity contribution >= 4 is 17.3 Å². The van der Waals surface area contributed by atoms with E-state index in [-0.39, 0.29) is 0 Å². The number of ether oxygens (including phenoxy) is 1. The number of morpholine rings is 1. The van der Waals surface area contributed by atoms with E-state index in [0.717, 1.165) is 70.7 Å². The van der Waals surface area contributed by atoms with Crippen molar-refractivity contribution in [3.63, 3.8) is 0 Å². The molecule has 4 rings (SSSR count). The molecule has 0 aliphatic carbocycles. The van der Waals surface area contributed by atoms with Crippen molar-refractivity contribution in [1.29, 1.82) is 0 Å². The Bertz CT molecular complexity index is 841. The van der Waals surface area contributed by atoms with Crippen LogP contribution in [0.5, 0.6) is 5.75 Å². The average Bonchev–Trinajstić information content (AvgIpc) is 2.81. The summed E-state index contributed by atoms with van der Waals surface area (Å²) in [5.74, 6) is 1.26. The molecular formula is C23H31N5O2. The Labute approximate surface area is 178 Å². The highest BCUT2D eigenvalue weighted by Gasteiger charge is 2.21. The van der Waals surface area contributed by atoms with E-state index in [1.165, 1.54) is 11.3 Å². The summed E-state index contributed by atoms with van der Waals surface area (Å²) in [4.78, 5) is 11.3. The van der Waals surface area contributed by atoms with Crippen molar-refractivity contribution in [1.82, 2.24) is 10.2 Å². The van der Waals surface area contributed by atoms with Crippen LogP contribution in [0, 0.1) is 0 Å². The summed E-state index contributed by atoms with van der Waals surface area (Å²) in [7, 11) is 1.83. The first-order valence-electron chi connectivity index (χ1n) is 10.6. The van der Waals surface area contributed by atoms with Gasteiger partial charge in [0.15, 0.2) is 5.96 Å². The van der Waals surface area contributed by atoms with Gasteiger partial charge in [0.1, 0.15) is 5.75 Å². The van der Waals surface area contributed by atoms with Crippen LogP contribution in [0.2, 0.25) is 0 Å². The van der Waals surface area contributed by atoms with Gasteiger partial charge in [0.25, 0.3) is 0 Å². The van der Waals surface area contributed by atoms with Crippen LogP contribution < -0.4 is 15.1 Å². The molecule has 0 aromatic heterocycles. The molecule has 2 aromatic rings. The second-order valence-electron chi connectivity index (χ2n) is 7.63. The first kappa shape index (κ1) is 20.3. The molecule has 0 unspecified atom stereocenters. The minimum absolute atomic E-state index is 0.342. The molecule has 2 aliphatic heterocycles. The third-order valence-electron chi connectivity index (χ3n) is 5.78. The lowest BCUT2D eigenvalue weighted by Gasteiger charge is -2.37. The summed E-state index contributed by atoms with van der Waals surface area (Å²) in [6.45, 7) is 7.70. The van der Waals surface area contributed by atoms with E-state index >= 15 is 0 Å². The number of aliphatic imine (C=N–C) groups is 1. The van der Waals surface area contributed by atoms with E-state index in [1.807, 2.05) is 25.2 Å². The molecule has 0 amide bonds.